The summed E-state index contributed by atoms with van der Waals surface area (Å²) in [5, 5.41) is 3.18. The van der Waals surface area contributed by atoms with Gasteiger partial charge in [-0.2, -0.15) is 0 Å². The monoisotopic (exact) mass is 310 g/mol. The standard InChI is InChI=1S/C15H19ClN2O3/c1-21-14(20)11-4-3-10(16)7-12(11)18-13(19)8-15(9-17)5-2-6-15/h3-4,7H,2,5-6,8-9,17H2,1H3,(H,18,19). The first kappa shape index (κ1) is 15.8. The van der Waals surface area contributed by atoms with Gasteiger partial charge in [-0.25, -0.2) is 4.79 Å². The minimum absolute atomic E-state index is 0.0892. The summed E-state index contributed by atoms with van der Waals surface area (Å²) in [4.78, 5) is 23.9. The molecule has 1 amide bonds. The van der Waals surface area contributed by atoms with Crippen LogP contribution >= 0.6 is 11.6 Å². The predicted molar refractivity (Wildman–Crippen MR) is 81.4 cm³/mol. The quantitative estimate of drug-likeness (QED) is 0.819. The van der Waals surface area contributed by atoms with Crippen molar-refractivity contribution < 1.29 is 14.3 Å². The molecule has 0 aliphatic heterocycles. The molecule has 2 rings (SSSR count). The average molecular weight is 311 g/mol. The van der Waals surface area contributed by atoms with Crippen LogP contribution in [0.5, 0.6) is 0 Å². The highest BCUT2D eigenvalue weighted by Crippen LogP contribution is 2.43. The lowest BCUT2D eigenvalue weighted by molar-refractivity contribution is -0.119. The Bertz CT molecular complexity index is 550. The normalized spacial score (nSPS) is 16.0. The van der Waals surface area contributed by atoms with Crippen LogP contribution in [0.4, 0.5) is 5.69 Å². The third kappa shape index (κ3) is 3.54. The number of rotatable bonds is 5. The fraction of sp³-hybridized carbons (Fsp3) is 0.467. The largest absolute Gasteiger partial charge is 0.465 e. The highest BCUT2D eigenvalue weighted by molar-refractivity contribution is 6.31. The van der Waals surface area contributed by atoms with E-state index in [0.29, 0.717) is 23.7 Å². The summed E-state index contributed by atoms with van der Waals surface area (Å²) in [6.45, 7) is 0.500. The van der Waals surface area contributed by atoms with Crippen LogP contribution < -0.4 is 11.1 Å². The van der Waals surface area contributed by atoms with E-state index in [1.165, 1.54) is 13.2 Å². The van der Waals surface area contributed by atoms with Crippen molar-refractivity contribution in [2.45, 2.75) is 25.7 Å². The number of halogens is 1. The molecule has 1 aliphatic rings. The second kappa shape index (κ2) is 6.45. The molecule has 0 radical (unpaired) electrons. The van der Waals surface area contributed by atoms with E-state index in [2.05, 4.69) is 5.32 Å². The van der Waals surface area contributed by atoms with Crippen molar-refractivity contribution in [3.05, 3.63) is 28.8 Å². The van der Waals surface area contributed by atoms with Crippen LogP contribution in [0.15, 0.2) is 18.2 Å². The van der Waals surface area contributed by atoms with Crippen LogP contribution in [-0.2, 0) is 9.53 Å². The Kier molecular flexibility index (Phi) is 4.85. The van der Waals surface area contributed by atoms with Gasteiger partial charge in [-0.1, -0.05) is 18.0 Å². The first-order valence-corrected chi connectivity index (χ1v) is 7.25. The number of esters is 1. The van der Waals surface area contributed by atoms with Gasteiger partial charge in [0.15, 0.2) is 0 Å². The van der Waals surface area contributed by atoms with Crippen LogP contribution in [0.3, 0.4) is 0 Å². The maximum atomic E-state index is 12.2. The predicted octanol–water partition coefficient (Wildman–Crippen LogP) is 2.58. The molecular weight excluding hydrogens is 292 g/mol. The van der Waals surface area contributed by atoms with Crippen molar-refractivity contribution in [3.63, 3.8) is 0 Å². The van der Waals surface area contributed by atoms with E-state index in [1.807, 2.05) is 0 Å². The van der Waals surface area contributed by atoms with Crippen LogP contribution in [0.1, 0.15) is 36.0 Å². The van der Waals surface area contributed by atoms with Crippen LogP contribution in [-0.4, -0.2) is 25.5 Å². The van der Waals surface area contributed by atoms with E-state index < -0.39 is 5.97 Å². The van der Waals surface area contributed by atoms with E-state index in [-0.39, 0.29) is 16.9 Å². The van der Waals surface area contributed by atoms with Gasteiger partial charge in [0.2, 0.25) is 5.91 Å². The Hall–Kier alpha value is -1.59. The van der Waals surface area contributed by atoms with Gasteiger partial charge < -0.3 is 15.8 Å². The number of amides is 1. The van der Waals surface area contributed by atoms with E-state index in [1.54, 1.807) is 12.1 Å². The molecule has 0 aromatic heterocycles. The average Bonchev–Trinajstić information content (AvgIpc) is 2.42. The number of hydrogen-bond acceptors (Lipinski definition) is 4. The lowest BCUT2D eigenvalue weighted by Gasteiger charge is -2.40. The molecule has 0 bridgehead atoms. The molecule has 3 N–H and O–H groups in total. The van der Waals surface area contributed by atoms with Gasteiger partial charge in [0.25, 0.3) is 0 Å². The molecule has 1 aliphatic carbocycles. The number of nitrogens with one attached hydrogen (secondary N) is 1. The highest BCUT2D eigenvalue weighted by atomic mass is 35.5. The van der Waals surface area contributed by atoms with Gasteiger partial charge in [-0.05, 0) is 43.0 Å². The smallest absolute Gasteiger partial charge is 0.339 e. The Morgan fingerprint density at radius 2 is 2.14 bits per heavy atom. The summed E-state index contributed by atoms with van der Waals surface area (Å²) in [5.41, 5.74) is 6.32. The van der Waals surface area contributed by atoms with Crippen molar-refractivity contribution in [2.75, 3.05) is 19.0 Å². The molecule has 5 nitrogen and oxygen atoms in total. The Balaban J connectivity index is 2.13. The van der Waals surface area contributed by atoms with E-state index >= 15 is 0 Å². The topological polar surface area (TPSA) is 81.4 Å². The van der Waals surface area contributed by atoms with Crippen molar-refractivity contribution in [1.82, 2.24) is 0 Å². The Morgan fingerprint density at radius 1 is 1.43 bits per heavy atom. The fourth-order valence-electron chi connectivity index (χ4n) is 2.57. The first-order valence-electron chi connectivity index (χ1n) is 6.87. The van der Waals surface area contributed by atoms with Gasteiger partial charge in [-0.3, -0.25) is 4.79 Å². The summed E-state index contributed by atoms with van der Waals surface area (Å²) in [5.74, 6) is -0.674. The SMILES string of the molecule is COC(=O)c1ccc(Cl)cc1NC(=O)CC1(CN)CCC1. The van der Waals surface area contributed by atoms with Crippen LogP contribution in [0, 0.1) is 5.41 Å². The van der Waals surface area contributed by atoms with Crippen molar-refractivity contribution >= 4 is 29.2 Å². The van der Waals surface area contributed by atoms with Gasteiger partial charge in [0.05, 0.1) is 18.4 Å². The van der Waals surface area contributed by atoms with Gasteiger partial charge in [-0.15, -0.1) is 0 Å². The molecule has 1 saturated carbocycles. The van der Waals surface area contributed by atoms with E-state index in [9.17, 15) is 9.59 Å². The number of benzene rings is 1. The zero-order valence-corrected chi connectivity index (χ0v) is 12.7. The Labute approximate surface area is 128 Å². The number of carbonyl (C=O) groups is 2. The summed E-state index contributed by atoms with van der Waals surface area (Å²) in [7, 11) is 1.29. The molecule has 0 heterocycles. The number of methoxy groups -OCH3 is 1. The number of carbonyl (C=O) groups excluding carboxylic acids is 2. The minimum Gasteiger partial charge on any atom is -0.465 e. The van der Waals surface area contributed by atoms with Crippen LogP contribution in [0.2, 0.25) is 5.02 Å². The molecular formula is C15H19ClN2O3. The molecule has 0 unspecified atom stereocenters. The van der Waals surface area contributed by atoms with Gasteiger partial charge in [0.1, 0.15) is 0 Å². The third-order valence-electron chi connectivity index (χ3n) is 4.04. The molecule has 1 aromatic rings. The lowest BCUT2D eigenvalue weighted by atomic mass is 9.66. The van der Waals surface area contributed by atoms with Crippen LogP contribution in [0.25, 0.3) is 0 Å². The molecule has 6 heteroatoms. The fourth-order valence-corrected chi connectivity index (χ4v) is 2.74. The molecule has 1 fully saturated rings. The van der Waals surface area contributed by atoms with Gasteiger partial charge in [0, 0.05) is 11.4 Å². The highest BCUT2D eigenvalue weighted by Gasteiger charge is 2.37. The van der Waals surface area contributed by atoms with Gasteiger partial charge >= 0.3 is 5.97 Å². The van der Waals surface area contributed by atoms with E-state index in [0.717, 1.165) is 19.3 Å². The second-order valence-corrected chi connectivity index (χ2v) is 5.90. The zero-order chi connectivity index (χ0) is 15.5. The summed E-state index contributed by atoms with van der Waals surface area (Å²) < 4.78 is 4.70. The van der Waals surface area contributed by atoms with Crippen molar-refractivity contribution in [2.24, 2.45) is 11.1 Å². The van der Waals surface area contributed by atoms with E-state index in [4.69, 9.17) is 22.1 Å². The summed E-state index contributed by atoms with van der Waals surface area (Å²) in [6, 6.07) is 4.66. The first-order chi connectivity index (χ1) is 9.99. The van der Waals surface area contributed by atoms with Crippen molar-refractivity contribution in [1.29, 1.82) is 0 Å². The molecule has 21 heavy (non-hydrogen) atoms. The summed E-state index contributed by atoms with van der Waals surface area (Å²) in [6.07, 6.45) is 3.40. The van der Waals surface area contributed by atoms with Crippen molar-refractivity contribution in [3.8, 4) is 0 Å². The number of ether oxygens (including phenoxy) is 1. The summed E-state index contributed by atoms with van der Waals surface area (Å²) >= 11 is 5.92. The molecule has 1 aromatic carbocycles. The molecule has 0 saturated heterocycles. The Morgan fingerprint density at radius 3 is 2.67 bits per heavy atom. The molecule has 0 atom stereocenters. The molecule has 114 valence electrons. The maximum Gasteiger partial charge on any atom is 0.339 e. The molecule has 0 spiro atoms. The third-order valence-corrected chi connectivity index (χ3v) is 4.28. The number of nitrogens with two attached hydrogens (primary N) is 1. The second-order valence-electron chi connectivity index (χ2n) is 5.46. The minimum atomic E-state index is -0.515. The zero-order valence-electron chi connectivity index (χ0n) is 11.9. The number of anilines is 1. The maximum absolute atomic E-state index is 12.2. The lowest BCUT2D eigenvalue weighted by Crippen LogP contribution is -2.40. The number of hydrogen-bond donors (Lipinski definition) is 2.